The molecule has 1 amide bonds. The summed E-state index contributed by atoms with van der Waals surface area (Å²) in [6.45, 7) is 5.54. The fraction of sp³-hybridized carbons (Fsp3) is 0.900. The normalized spacial score (nSPS) is 26.1. The molecule has 0 N–H and O–H groups in total. The highest BCUT2D eigenvalue weighted by molar-refractivity contribution is 5.70. The highest BCUT2D eigenvalue weighted by atomic mass is 19.3. The largest absolute Gasteiger partial charge is 0.444 e. The summed E-state index contributed by atoms with van der Waals surface area (Å²) in [5.41, 5.74) is -1.48. The van der Waals surface area contributed by atoms with Crippen molar-refractivity contribution in [3.05, 3.63) is 0 Å². The van der Waals surface area contributed by atoms with Gasteiger partial charge in [0.05, 0.1) is 5.41 Å². The van der Waals surface area contributed by atoms with Crippen molar-refractivity contribution in [2.75, 3.05) is 13.1 Å². The molecule has 0 aromatic rings. The number of nitrogens with zero attached hydrogens (tertiary/aromatic N) is 1. The van der Waals surface area contributed by atoms with E-state index in [1.807, 2.05) is 0 Å². The van der Waals surface area contributed by atoms with Gasteiger partial charge in [0.2, 0.25) is 0 Å². The lowest BCUT2D eigenvalue weighted by Gasteiger charge is -2.40. The van der Waals surface area contributed by atoms with E-state index in [2.05, 4.69) is 0 Å². The molecule has 0 radical (unpaired) electrons. The zero-order valence-corrected chi connectivity index (χ0v) is 9.14. The lowest BCUT2D eigenvalue weighted by atomic mass is 9.97. The van der Waals surface area contributed by atoms with Crippen molar-refractivity contribution in [3.63, 3.8) is 0 Å². The number of rotatable bonds is 0. The summed E-state index contributed by atoms with van der Waals surface area (Å²) in [6.07, 6.45) is -0.574. The standard InChI is InChI=1S/C10H15F2NO2/c1-8(2,3)15-7(14)13-5-9(6-13)4-10(9,11)12/h4-6H2,1-3H3. The van der Waals surface area contributed by atoms with Gasteiger partial charge in [-0.05, 0) is 20.8 Å². The minimum absolute atomic E-state index is 0.0840. The van der Waals surface area contributed by atoms with Crippen LogP contribution in [0.15, 0.2) is 0 Å². The highest BCUT2D eigenvalue weighted by Gasteiger charge is 2.76. The quantitative estimate of drug-likeness (QED) is 0.625. The summed E-state index contributed by atoms with van der Waals surface area (Å²) in [5.74, 6) is -2.56. The first-order valence-corrected chi connectivity index (χ1v) is 5.01. The highest BCUT2D eigenvalue weighted by Crippen LogP contribution is 2.65. The molecule has 1 saturated heterocycles. The van der Waals surface area contributed by atoms with E-state index in [9.17, 15) is 13.6 Å². The molecule has 5 heteroatoms. The summed E-state index contributed by atoms with van der Waals surface area (Å²) in [6, 6.07) is 0. The molecule has 1 aliphatic carbocycles. The molecule has 0 aromatic carbocycles. The molecule has 1 aliphatic heterocycles. The molecule has 0 atom stereocenters. The van der Waals surface area contributed by atoms with Gasteiger partial charge in [-0.1, -0.05) is 0 Å². The van der Waals surface area contributed by atoms with Crippen molar-refractivity contribution in [2.24, 2.45) is 5.41 Å². The summed E-state index contributed by atoms with van der Waals surface area (Å²) in [4.78, 5) is 12.8. The van der Waals surface area contributed by atoms with Gasteiger partial charge < -0.3 is 9.64 Å². The molecule has 0 aromatic heterocycles. The topological polar surface area (TPSA) is 29.5 Å². The van der Waals surface area contributed by atoms with E-state index in [1.54, 1.807) is 20.8 Å². The Morgan fingerprint density at radius 1 is 1.33 bits per heavy atom. The maximum Gasteiger partial charge on any atom is 0.410 e. The van der Waals surface area contributed by atoms with E-state index < -0.39 is 23.0 Å². The maximum absolute atomic E-state index is 12.8. The van der Waals surface area contributed by atoms with Gasteiger partial charge >= 0.3 is 6.09 Å². The molecule has 1 heterocycles. The van der Waals surface area contributed by atoms with Gasteiger partial charge in [-0.2, -0.15) is 0 Å². The van der Waals surface area contributed by atoms with Gasteiger partial charge in [0.1, 0.15) is 5.60 Å². The van der Waals surface area contributed by atoms with Gasteiger partial charge in [0, 0.05) is 19.5 Å². The molecule has 1 spiro atoms. The molecule has 2 fully saturated rings. The molecule has 3 nitrogen and oxygen atoms in total. The minimum atomic E-state index is -2.56. The minimum Gasteiger partial charge on any atom is -0.444 e. The number of alkyl halides is 2. The molecule has 15 heavy (non-hydrogen) atoms. The number of hydrogen-bond acceptors (Lipinski definition) is 2. The van der Waals surface area contributed by atoms with Gasteiger partial charge in [-0.3, -0.25) is 0 Å². The fourth-order valence-corrected chi connectivity index (χ4v) is 1.86. The summed E-state index contributed by atoms with van der Waals surface area (Å²) < 4.78 is 30.7. The van der Waals surface area contributed by atoms with Crippen molar-refractivity contribution < 1.29 is 18.3 Å². The Balaban J connectivity index is 1.83. The number of likely N-dealkylation sites (tertiary alicyclic amines) is 1. The van der Waals surface area contributed by atoms with Crippen molar-refractivity contribution in [1.82, 2.24) is 4.90 Å². The Hall–Kier alpha value is -0.870. The molecule has 2 rings (SSSR count). The van der Waals surface area contributed by atoms with Gasteiger partial charge in [0.15, 0.2) is 0 Å². The zero-order valence-electron chi connectivity index (χ0n) is 9.14. The predicted octanol–water partition coefficient (Wildman–Crippen LogP) is 2.26. The zero-order chi connectivity index (χ0) is 11.5. The van der Waals surface area contributed by atoms with E-state index in [1.165, 1.54) is 4.90 Å². The van der Waals surface area contributed by atoms with E-state index in [-0.39, 0.29) is 19.5 Å². The number of ether oxygens (including phenoxy) is 1. The third-order valence-electron chi connectivity index (χ3n) is 2.85. The van der Waals surface area contributed by atoms with Crippen molar-refractivity contribution in [2.45, 2.75) is 38.7 Å². The second-order valence-corrected chi connectivity index (χ2v) is 5.50. The molecule has 2 aliphatic rings. The average Bonchev–Trinajstić information content (AvgIpc) is 2.46. The van der Waals surface area contributed by atoms with Crippen LogP contribution < -0.4 is 0 Å². The van der Waals surface area contributed by atoms with Crippen LogP contribution in [0.3, 0.4) is 0 Å². The summed E-state index contributed by atoms with van der Waals surface area (Å²) in [7, 11) is 0. The first kappa shape index (κ1) is 10.6. The SMILES string of the molecule is CC(C)(C)OC(=O)N1CC2(C1)CC2(F)F. The maximum atomic E-state index is 12.8. The van der Waals surface area contributed by atoms with Crippen LogP contribution in [0.2, 0.25) is 0 Å². The van der Waals surface area contributed by atoms with Crippen LogP contribution in [0.4, 0.5) is 13.6 Å². The van der Waals surface area contributed by atoms with E-state index >= 15 is 0 Å². The molecular weight excluding hydrogens is 204 g/mol. The summed E-state index contributed by atoms with van der Waals surface area (Å²) in [5, 5.41) is 0. The number of halogens is 2. The van der Waals surface area contributed by atoms with E-state index in [4.69, 9.17) is 4.74 Å². The van der Waals surface area contributed by atoms with Crippen LogP contribution in [-0.4, -0.2) is 35.6 Å². The van der Waals surface area contributed by atoms with Crippen molar-refractivity contribution >= 4 is 6.09 Å². The molecule has 86 valence electrons. The van der Waals surface area contributed by atoms with E-state index in [0.717, 1.165) is 0 Å². The van der Waals surface area contributed by atoms with Crippen LogP contribution in [0.5, 0.6) is 0 Å². The molecule has 1 saturated carbocycles. The third-order valence-corrected chi connectivity index (χ3v) is 2.85. The fourth-order valence-electron chi connectivity index (χ4n) is 1.86. The predicted molar refractivity (Wildman–Crippen MR) is 49.8 cm³/mol. The Bertz CT molecular complexity index is 303. The second-order valence-electron chi connectivity index (χ2n) is 5.50. The van der Waals surface area contributed by atoms with Crippen LogP contribution >= 0.6 is 0 Å². The molecule has 0 bridgehead atoms. The summed E-state index contributed by atoms with van der Waals surface area (Å²) >= 11 is 0. The van der Waals surface area contributed by atoms with Gasteiger partial charge in [0.25, 0.3) is 5.92 Å². The lowest BCUT2D eigenvalue weighted by molar-refractivity contribution is -0.0416. The molecule has 0 unspecified atom stereocenters. The number of carbonyl (C=O) groups excluding carboxylic acids is 1. The molecular formula is C10H15F2NO2. The Morgan fingerprint density at radius 3 is 2.13 bits per heavy atom. The van der Waals surface area contributed by atoms with Crippen LogP contribution in [0.25, 0.3) is 0 Å². The number of amides is 1. The Labute approximate surface area is 87.4 Å². The van der Waals surface area contributed by atoms with Gasteiger partial charge in [-0.15, -0.1) is 0 Å². The van der Waals surface area contributed by atoms with Crippen LogP contribution in [-0.2, 0) is 4.74 Å². The lowest BCUT2D eigenvalue weighted by Crippen LogP contribution is -2.55. The average molecular weight is 219 g/mol. The number of hydrogen-bond donors (Lipinski definition) is 0. The van der Waals surface area contributed by atoms with Crippen molar-refractivity contribution in [1.29, 1.82) is 0 Å². The van der Waals surface area contributed by atoms with Crippen LogP contribution in [0.1, 0.15) is 27.2 Å². The Kier molecular flexibility index (Phi) is 1.86. The first-order valence-electron chi connectivity index (χ1n) is 5.01. The number of carbonyl (C=O) groups is 1. The monoisotopic (exact) mass is 219 g/mol. The third kappa shape index (κ3) is 1.68. The Morgan fingerprint density at radius 2 is 1.80 bits per heavy atom. The smallest absolute Gasteiger partial charge is 0.410 e. The first-order chi connectivity index (χ1) is 6.65. The van der Waals surface area contributed by atoms with Crippen LogP contribution in [0, 0.1) is 5.41 Å². The van der Waals surface area contributed by atoms with Crippen molar-refractivity contribution in [3.8, 4) is 0 Å². The second kappa shape index (κ2) is 2.62. The van der Waals surface area contributed by atoms with Gasteiger partial charge in [-0.25, -0.2) is 13.6 Å². The van der Waals surface area contributed by atoms with E-state index in [0.29, 0.717) is 0 Å².